The molecule has 0 saturated carbocycles. The van der Waals surface area contributed by atoms with Crippen molar-refractivity contribution in [1.29, 1.82) is 0 Å². The fourth-order valence-corrected chi connectivity index (χ4v) is 3.46. The molecule has 2 rings (SSSR count). The summed E-state index contributed by atoms with van der Waals surface area (Å²) in [4.78, 5) is 24.1. The highest BCUT2D eigenvalue weighted by atomic mass is 32.2. The molecule has 0 bridgehead atoms. The third-order valence-corrected chi connectivity index (χ3v) is 5.79. The van der Waals surface area contributed by atoms with Crippen LogP contribution in [0.4, 0.5) is 10.1 Å². The monoisotopic (exact) mass is 408 g/mol. The van der Waals surface area contributed by atoms with Crippen LogP contribution in [0.25, 0.3) is 0 Å². The van der Waals surface area contributed by atoms with Crippen LogP contribution in [0.3, 0.4) is 0 Å². The van der Waals surface area contributed by atoms with E-state index in [1.165, 1.54) is 63.7 Å². The van der Waals surface area contributed by atoms with Crippen molar-refractivity contribution in [2.24, 2.45) is 0 Å². The van der Waals surface area contributed by atoms with Crippen LogP contribution in [0, 0.1) is 5.82 Å². The number of nitrogens with one attached hydrogen (secondary N) is 1. The lowest BCUT2D eigenvalue weighted by atomic mass is 10.1. The fraction of sp³-hybridized carbons (Fsp3) is 0.263. The molecule has 9 heteroatoms. The second-order valence-corrected chi connectivity index (χ2v) is 8.25. The lowest BCUT2D eigenvalue weighted by Crippen LogP contribution is -2.23. The molecule has 2 aromatic carbocycles. The maximum absolute atomic E-state index is 12.9. The second kappa shape index (κ2) is 8.94. The molecule has 0 aliphatic heterocycles. The van der Waals surface area contributed by atoms with E-state index in [0.717, 1.165) is 4.31 Å². The highest BCUT2D eigenvalue weighted by molar-refractivity contribution is 7.89. The second-order valence-electron chi connectivity index (χ2n) is 6.13. The molecule has 0 unspecified atom stereocenters. The molecule has 2 aromatic rings. The van der Waals surface area contributed by atoms with Crippen LogP contribution in [0.15, 0.2) is 47.4 Å². The Balaban J connectivity index is 2.07. The molecule has 150 valence electrons. The Bertz CT molecular complexity index is 972. The Morgan fingerprint density at radius 2 is 1.71 bits per heavy atom. The van der Waals surface area contributed by atoms with Gasteiger partial charge < -0.3 is 10.1 Å². The molecule has 0 radical (unpaired) electrons. The number of nitrogens with zero attached hydrogens (tertiary/aromatic N) is 1. The summed E-state index contributed by atoms with van der Waals surface area (Å²) < 4.78 is 43.8. The first-order valence-electron chi connectivity index (χ1n) is 8.34. The zero-order valence-electron chi connectivity index (χ0n) is 15.7. The van der Waals surface area contributed by atoms with Gasteiger partial charge in [0.2, 0.25) is 15.9 Å². The van der Waals surface area contributed by atoms with E-state index >= 15 is 0 Å². The highest BCUT2D eigenvalue weighted by Gasteiger charge is 2.23. The average Bonchev–Trinajstić information content (AvgIpc) is 2.66. The van der Waals surface area contributed by atoms with Gasteiger partial charge in [-0.2, -0.15) is 0 Å². The van der Waals surface area contributed by atoms with Crippen molar-refractivity contribution >= 4 is 27.4 Å². The van der Waals surface area contributed by atoms with Gasteiger partial charge >= 0.3 is 0 Å². The molecule has 0 aliphatic carbocycles. The number of sulfonamides is 1. The predicted octanol–water partition coefficient (Wildman–Crippen LogP) is 2.69. The minimum atomic E-state index is -3.77. The minimum absolute atomic E-state index is 0.0591. The number of methoxy groups -OCH3 is 1. The van der Waals surface area contributed by atoms with Crippen molar-refractivity contribution in [3.8, 4) is 5.75 Å². The number of benzene rings is 2. The molecule has 0 atom stereocenters. The van der Waals surface area contributed by atoms with Crippen molar-refractivity contribution in [1.82, 2.24) is 4.31 Å². The Labute approximate surface area is 163 Å². The van der Waals surface area contributed by atoms with Crippen LogP contribution >= 0.6 is 0 Å². The number of Topliss-reactive ketones (excluding diaryl/α,β-unsaturated/α-hetero) is 1. The minimum Gasteiger partial charge on any atom is -0.495 e. The number of ether oxygens (including phenoxy) is 1. The Hall–Kier alpha value is -2.78. The zero-order valence-corrected chi connectivity index (χ0v) is 16.5. The van der Waals surface area contributed by atoms with Gasteiger partial charge in [0.05, 0.1) is 7.11 Å². The number of hydrogen-bond donors (Lipinski definition) is 1. The number of halogens is 1. The van der Waals surface area contributed by atoms with Gasteiger partial charge in [0.1, 0.15) is 16.5 Å². The van der Waals surface area contributed by atoms with Gasteiger partial charge in [0.15, 0.2) is 5.78 Å². The topological polar surface area (TPSA) is 92.8 Å². The largest absolute Gasteiger partial charge is 0.495 e. The summed E-state index contributed by atoms with van der Waals surface area (Å²) in [6.07, 6.45) is -0.158. The first kappa shape index (κ1) is 21.5. The maximum Gasteiger partial charge on any atom is 0.246 e. The van der Waals surface area contributed by atoms with Crippen molar-refractivity contribution in [3.05, 3.63) is 53.8 Å². The number of rotatable bonds is 8. The maximum atomic E-state index is 12.9. The van der Waals surface area contributed by atoms with Crippen molar-refractivity contribution in [2.75, 3.05) is 26.5 Å². The predicted molar refractivity (Wildman–Crippen MR) is 102 cm³/mol. The number of hydrogen-bond acceptors (Lipinski definition) is 5. The van der Waals surface area contributed by atoms with E-state index in [-0.39, 0.29) is 35.0 Å². The molecular weight excluding hydrogens is 387 g/mol. The SMILES string of the molecule is COc1ccc(NC(=O)CCC(=O)c2ccc(F)cc2)cc1S(=O)(=O)N(C)C. The van der Waals surface area contributed by atoms with E-state index < -0.39 is 21.7 Å². The van der Waals surface area contributed by atoms with Gasteiger partial charge in [-0.1, -0.05) is 0 Å². The van der Waals surface area contributed by atoms with E-state index in [1.54, 1.807) is 0 Å². The quantitative estimate of drug-likeness (QED) is 0.678. The van der Waals surface area contributed by atoms with Gasteiger partial charge in [-0.05, 0) is 42.5 Å². The summed E-state index contributed by atoms with van der Waals surface area (Å²) >= 11 is 0. The van der Waals surface area contributed by atoms with Gasteiger partial charge in [0.25, 0.3) is 0 Å². The first-order chi connectivity index (χ1) is 13.1. The van der Waals surface area contributed by atoms with Crippen LogP contribution in [0.1, 0.15) is 23.2 Å². The zero-order chi connectivity index (χ0) is 20.9. The van der Waals surface area contributed by atoms with Crippen LogP contribution in [0.5, 0.6) is 5.75 Å². The Kier molecular flexibility index (Phi) is 6.87. The van der Waals surface area contributed by atoms with Crippen LogP contribution in [0.2, 0.25) is 0 Å². The third kappa shape index (κ3) is 5.14. The van der Waals surface area contributed by atoms with Crippen molar-refractivity contribution < 1.29 is 27.1 Å². The third-order valence-electron chi connectivity index (χ3n) is 3.95. The van der Waals surface area contributed by atoms with E-state index in [1.807, 2.05) is 0 Å². The van der Waals surface area contributed by atoms with E-state index in [9.17, 15) is 22.4 Å². The molecule has 0 heterocycles. The summed E-state index contributed by atoms with van der Waals surface area (Å²) in [6, 6.07) is 9.32. The first-order valence-corrected chi connectivity index (χ1v) is 9.78. The van der Waals surface area contributed by atoms with Crippen molar-refractivity contribution in [3.63, 3.8) is 0 Å². The number of anilines is 1. The molecule has 0 aromatic heterocycles. The number of amides is 1. The molecule has 1 N–H and O–H groups in total. The summed E-state index contributed by atoms with van der Waals surface area (Å²) in [5.41, 5.74) is 0.582. The van der Waals surface area contributed by atoms with Gasteiger partial charge in [-0.15, -0.1) is 0 Å². The van der Waals surface area contributed by atoms with Crippen LogP contribution in [-0.4, -0.2) is 45.6 Å². The van der Waals surface area contributed by atoms with Gasteiger partial charge in [-0.3, -0.25) is 9.59 Å². The van der Waals surface area contributed by atoms with Crippen LogP contribution < -0.4 is 10.1 Å². The Morgan fingerprint density at radius 1 is 1.07 bits per heavy atom. The normalized spacial score (nSPS) is 11.3. The fourth-order valence-electron chi connectivity index (χ4n) is 2.38. The highest BCUT2D eigenvalue weighted by Crippen LogP contribution is 2.29. The lowest BCUT2D eigenvalue weighted by Gasteiger charge is -2.16. The standard InChI is InChI=1S/C19H21FN2O5S/c1-22(2)28(25,26)18-12-15(8-10-17(18)27-3)21-19(24)11-9-16(23)13-4-6-14(20)7-5-13/h4-8,10,12H,9,11H2,1-3H3,(H,21,24). The molecule has 0 saturated heterocycles. The summed E-state index contributed by atoms with van der Waals surface area (Å²) in [6.45, 7) is 0. The summed E-state index contributed by atoms with van der Waals surface area (Å²) in [7, 11) is 0.360. The molecule has 0 fully saturated rings. The molecule has 1 amide bonds. The number of carbonyl (C=O) groups excluding carboxylic acids is 2. The number of ketones is 1. The molecule has 28 heavy (non-hydrogen) atoms. The van der Waals surface area contributed by atoms with E-state index in [4.69, 9.17) is 4.74 Å². The average molecular weight is 408 g/mol. The molecule has 0 spiro atoms. The molecular formula is C19H21FN2O5S. The smallest absolute Gasteiger partial charge is 0.246 e. The molecule has 0 aliphatic rings. The molecule has 7 nitrogen and oxygen atoms in total. The van der Waals surface area contributed by atoms with Gasteiger partial charge in [0, 0.05) is 38.2 Å². The summed E-state index contributed by atoms with van der Waals surface area (Å²) in [5, 5.41) is 2.57. The van der Waals surface area contributed by atoms with E-state index in [0.29, 0.717) is 5.56 Å². The Morgan fingerprint density at radius 3 is 2.29 bits per heavy atom. The summed E-state index contributed by atoms with van der Waals surface area (Å²) in [5.74, 6) is -1.04. The van der Waals surface area contributed by atoms with E-state index in [2.05, 4.69) is 5.32 Å². The van der Waals surface area contributed by atoms with Crippen LogP contribution in [-0.2, 0) is 14.8 Å². The lowest BCUT2D eigenvalue weighted by molar-refractivity contribution is -0.116. The number of carbonyl (C=O) groups is 2. The van der Waals surface area contributed by atoms with Crippen molar-refractivity contribution in [2.45, 2.75) is 17.7 Å². The van der Waals surface area contributed by atoms with Gasteiger partial charge in [-0.25, -0.2) is 17.1 Å².